The molecular weight excluding hydrogens is 222 g/mol. The highest BCUT2D eigenvalue weighted by atomic mass is 15.2. The molecular formula is C15H31N3. The Bertz CT molecular complexity index is 246. The average Bonchev–Trinajstić information content (AvgIpc) is 2.30. The lowest BCUT2D eigenvalue weighted by Gasteiger charge is -2.42. The van der Waals surface area contributed by atoms with Gasteiger partial charge in [-0.1, -0.05) is 13.8 Å². The Balaban J connectivity index is 1.86. The number of nitrogens with one attached hydrogen (secondary N) is 1. The summed E-state index contributed by atoms with van der Waals surface area (Å²) >= 11 is 0. The van der Waals surface area contributed by atoms with Gasteiger partial charge in [0.1, 0.15) is 0 Å². The molecule has 2 aliphatic rings. The van der Waals surface area contributed by atoms with Crippen LogP contribution in [0.4, 0.5) is 0 Å². The number of piperidine rings is 1. The van der Waals surface area contributed by atoms with Crippen LogP contribution in [0.5, 0.6) is 0 Å². The van der Waals surface area contributed by atoms with E-state index in [-0.39, 0.29) is 0 Å². The minimum absolute atomic E-state index is 0.554. The molecule has 3 nitrogen and oxygen atoms in total. The van der Waals surface area contributed by atoms with E-state index in [0.717, 1.165) is 5.92 Å². The second kappa shape index (κ2) is 6.36. The number of likely N-dealkylation sites (tertiary alicyclic amines) is 1. The molecule has 0 spiro atoms. The zero-order valence-electron chi connectivity index (χ0n) is 12.5. The lowest BCUT2D eigenvalue weighted by Crippen LogP contribution is -2.47. The van der Waals surface area contributed by atoms with Crippen LogP contribution in [0.3, 0.4) is 0 Å². The molecule has 1 N–H and O–H groups in total. The van der Waals surface area contributed by atoms with E-state index < -0.39 is 0 Å². The molecule has 2 heterocycles. The largest absolute Gasteiger partial charge is 0.316 e. The van der Waals surface area contributed by atoms with Crippen molar-refractivity contribution in [1.82, 2.24) is 15.1 Å². The normalized spacial score (nSPS) is 31.8. The first-order valence-corrected chi connectivity index (χ1v) is 7.69. The topological polar surface area (TPSA) is 18.5 Å². The van der Waals surface area contributed by atoms with E-state index in [1.807, 2.05) is 0 Å². The average molecular weight is 253 g/mol. The highest BCUT2D eigenvalue weighted by Crippen LogP contribution is 2.31. The lowest BCUT2D eigenvalue weighted by molar-refractivity contribution is 0.0762. The predicted molar refractivity (Wildman–Crippen MR) is 77.9 cm³/mol. The third-order valence-electron chi connectivity index (χ3n) is 4.69. The molecule has 1 unspecified atom stereocenters. The number of hydrogen-bond donors (Lipinski definition) is 1. The third-order valence-corrected chi connectivity index (χ3v) is 4.69. The second-order valence-electron chi connectivity index (χ2n) is 7.01. The third kappa shape index (κ3) is 4.22. The van der Waals surface area contributed by atoms with Crippen molar-refractivity contribution in [3.63, 3.8) is 0 Å². The highest BCUT2D eigenvalue weighted by Gasteiger charge is 2.31. The molecule has 1 atom stereocenters. The van der Waals surface area contributed by atoms with Crippen molar-refractivity contribution in [2.45, 2.75) is 33.1 Å². The Morgan fingerprint density at radius 1 is 1.22 bits per heavy atom. The first-order chi connectivity index (χ1) is 8.57. The molecule has 0 saturated carbocycles. The zero-order chi connectivity index (χ0) is 13.0. The van der Waals surface area contributed by atoms with E-state index >= 15 is 0 Å². The molecule has 3 heteroatoms. The molecule has 2 aliphatic heterocycles. The monoisotopic (exact) mass is 253 g/mol. The van der Waals surface area contributed by atoms with Crippen LogP contribution >= 0.6 is 0 Å². The maximum absolute atomic E-state index is 3.54. The molecule has 106 valence electrons. The van der Waals surface area contributed by atoms with E-state index in [1.54, 1.807) is 0 Å². The standard InChI is InChI=1S/C15H31N3/c1-14-11-16-7-4-8-18(12-14)13-15(2)5-9-17(3)10-6-15/h14,16H,4-13H2,1-3H3. The maximum Gasteiger partial charge on any atom is 0.00364 e. The predicted octanol–water partition coefficient (Wildman–Crippen LogP) is 1.65. The van der Waals surface area contributed by atoms with E-state index in [9.17, 15) is 0 Å². The van der Waals surface area contributed by atoms with Crippen LogP contribution in [0.1, 0.15) is 33.1 Å². The molecule has 18 heavy (non-hydrogen) atoms. The molecule has 0 bridgehead atoms. The van der Waals surface area contributed by atoms with Gasteiger partial charge in [-0.2, -0.15) is 0 Å². The molecule has 2 fully saturated rings. The van der Waals surface area contributed by atoms with Gasteiger partial charge in [0.05, 0.1) is 0 Å². The van der Waals surface area contributed by atoms with Gasteiger partial charge in [-0.3, -0.25) is 0 Å². The molecule has 0 aromatic rings. The van der Waals surface area contributed by atoms with Crippen molar-refractivity contribution < 1.29 is 0 Å². The van der Waals surface area contributed by atoms with Crippen LogP contribution in [-0.2, 0) is 0 Å². The second-order valence-corrected chi connectivity index (χ2v) is 7.01. The van der Waals surface area contributed by atoms with Crippen molar-refractivity contribution in [3.8, 4) is 0 Å². The van der Waals surface area contributed by atoms with Gasteiger partial charge < -0.3 is 15.1 Å². The van der Waals surface area contributed by atoms with Gasteiger partial charge >= 0.3 is 0 Å². The number of nitrogens with zero attached hydrogens (tertiary/aromatic N) is 2. The maximum atomic E-state index is 3.54. The van der Waals surface area contributed by atoms with E-state index in [1.165, 1.54) is 65.1 Å². The van der Waals surface area contributed by atoms with Gasteiger partial charge in [0.2, 0.25) is 0 Å². The summed E-state index contributed by atoms with van der Waals surface area (Å²) in [4.78, 5) is 5.21. The Kier molecular flexibility index (Phi) is 5.05. The van der Waals surface area contributed by atoms with E-state index in [4.69, 9.17) is 0 Å². The smallest absolute Gasteiger partial charge is 0.00364 e. The summed E-state index contributed by atoms with van der Waals surface area (Å²) in [5.41, 5.74) is 0.554. The number of hydrogen-bond acceptors (Lipinski definition) is 3. The Hall–Kier alpha value is -0.120. The fourth-order valence-corrected chi connectivity index (χ4v) is 3.37. The van der Waals surface area contributed by atoms with Crippen molar-refractivity contribution in [2.75, 3.05) is 52.9 Å². The van der Waals surface area contributed by atoms with Crippen LogP contribution in [0.2, 0.25) is 0 Å². The van der Waals surface area contributed by atoms with Gasteiger partial charge in [-0.25, -0.2) is 0 Å². The molecule has 2 saturated heterocycles. The molecule has 0 amide bonds. The van der Waals surface area contributed by atoms with Crippen molar-refractivity contribution in [3.05, 3.63) is 0 Å². The summed E-state index contributed by atoms with van der Waals surface area (Å²) in [7, 11) is 2.25. The summed E-state index contributed by atoms with van der Waals surface area (Å²) in [6, 6.07) is 0. The molecule has 0 aromatic heterocycles. The Morgan fingerprint density at radius 2 is 1.94 bits per heavy atom. The van der Waals surface area contributed by atoms with Crippen LogP contribution in [0.25, 0.3) is 0 Å². The molecule has 0 aliphatic carbocycles. The van der Waals surface area contributed by atoms with Crippen LogP contribution < -0.4 is 5.32 Å². The molecule has 2 rings (SSSR count). The summed E-state index contributed by atoms with van der Waals surface area (Å²) in [6.45, 7) is 13.7. The van der Waals surface area contributed by atoms with Crippen molar-refractivity contribution in [1.29, 1.82) is 0 Å². The van der Waals surface area contributed by atoms with Crippen molar-refractivity contribution >= 4 is 0 Å². The Morgan fingerprint density at radius 3 is 2.67 bits per heavy atom. The van der Waals surface area contributed by atoms with Crippen LogP contribution in [-0.4, -0.2) is 62.7 Å². The van der Waals surface area contributed by atoms with Crippen molar-refractivity contribution in [2.24, 2.45) is 11.3 Å². The summed E-state index contributed by atoms with van der Waals surface area (Å²) in [5.74, 6) is 0.792. The summed E-state index contributed by atoms with van der Waals surface area (Å²) in [5, 5.41) is 3.54. The van der Waals surface area contributed by atoms with Crippen LogP contribution in [0, 0.1) is 11.3 Å². The van der Waals surface area contributed by atoms with Gasteiger partial charge in [0, 0.05) is 13.1 Å². The number of rotatable bonds is 2. The summed E-state index contributed by atoms with van der Waals surface area (Å²) in [6.07, 6.45) is 4.04. The highest BCUT2D eigenvalue weighted by molar-refractivity contribution is 4.85. The van der Waals surface area contributed by atoms with E-state index in [2.05, 4.69) is 36.0 Å². The minimum Gasteiger partial charge on any atom is -0.316 e. The Labute approximate surface area is 113 Å². The van der Waals surface area contributed by atoms with Gasteiger partial charge in [-0.05, 0) is 70.4 Å². The molecule has 0 radical (unpaired) electrons. The van der Waals surface area contributed by atoms with Gasteiger partial charge in [-0.15, -0.1) is 0 Å². The quantitative estimate of drug-likeness (QED) is 0.807. The summed E-state index contributed by atoms with van der Waals surface area (Å²) < 4.78 is 0. The zero-order valence-corrected chi connectivity index (χ0v) is 12.5. The van der Waals surface area contributed by atoms with E-state index in [0.29, 0.717) is 5.41 Å². The fraction of sp³-hybridized carbons (Fsp3) is 1.00. The minimum atomic E-state index is 0.554. The fourth-order valence-electron chi connectivity index (χ4n) is 3.37. The first-order valence-electron chi connectivity index (χ1n) is 7.69. The first kappa shape index (κ1) is 14.3. The lowest BCUT2D eigenvalue weighted by atomic mass is 9.80. The SMILES string of the molecule is CC1CNCCCN(CC2(C)CCN(C)CC2)C1. The molecule has 0 aromatic carbocycles. The van der Waals surface area contributed by atoms with Gasteiger partial charge in [0.25, 0.3) is 0 Å². The van der Waals surface area contributed by atoms with Gasteiger partial charge in [0.15, 0.2) is 0 Å². The van der Waals surface area contributed by atoms with Crippen LogP contribution in [0.15, 0.2) is 0 Å².